The van der Waals surface area contributed by atoms with Gasteiger partial charge in [0, 0.05) is 18.0 Å². The minimum absolute atomic E-state index is 0.0446. The van der Waals surface area contributed by atoms with Crippen LogP contribution < -0.4 is 9.47 Å². The monoisotopic (exact) mass is 431 g/mol. The molecule has 1 fully saturated rings. The second kappa shape index (κ2) is 8.89. The van der Waals surface area contributed by atoms with Crippen molar-refractivity contribution in [3.05, 3.63) is 89.5 Å². The van der Waals surface area contributed by atoms with Crippen LogP contribution in [0.3, 0.4) is 0 Å². The number of amides is 1. The number of Topliss-reactive ketones (excluding diaryl/α,β-unsaturated/α-hetero) is 1. The molecule has 4 rings (SSSR count). The SMILES string of the molecule is COc1ccc(/C(O)=C2/C(=O)C(=O)N(Cc3ccccn3)C2c2ccccn2)cc1OC. The molecule has 1 saturated heterocycles. The van der Waals surface area contributed by atoms with Crippen molar-refractivity contribution in [3.8, 4) is 11.5 Å². The van der Waals surface area contributed by atoms with Crippen molar-refractivity contribution in [1.82, 2.24) is 14.9 Å². The Morgan fingerprint density at radius 2 is 1.69 bits per heavy atom. The lowest BCUT2D eigenvalue weighted by Crippen LogP contribution is -2.29. The molecule has 8 heteroatoms. The van der Waals surface area contributed by atoms with Gasteiger partial charge in [-0.15, -0.1) is 0 Å². The number of aliphatic hydroxyl groups is 1. The second-order valence-corrected chi connectivity index (χ2v) is 7.07. The zero-order valence-electron chi connectivity index (χ0n) is 17.6. The van der Waals surface area contributed by atoms with E-state index < -0.39 is 17.7 Å². The molecule has 32 heavy (non-hydrogen) atoms. The molecule has 8 nitrogen and oxygen atoms in total. The van der Waals surface area contributed by atoms with E-state index in [4.69, 9.17) is 9.47 Å². The number of hydrogen-bond acceptors (Lipinski definition) is 7. The highest BCUT2D eigenvalue weighted by molar-refractivity contribution is 6.46. The van der Waals surface area contributed by atoms with E-state index in [0.717, 1.165) is 0 Å². The fourth-order valence-corrected chi connectivity index (χ4v) is 3.69. The Hall–Kier alpha value is -4.20. The van der Waals surface area contributed by atoms with E-state index in [-0.39, 0.29) is 17.9 Å². The molecule has 1 unspecified atom stereocenters. The maximum absolute atomic E-state index is 13.1. The summed E-state index contributed by atoms with van der Waals surface area (Å²) >= 11 is 0. The number of pyridine rings is 2. The normalized spacial score (nSPS) is 17.4. The number of likely N-dealkylation sites (tertiary alicyclic amines) is 1. The summed E-state index contributed by atoms with van der Waals surface area (Å²) in [5.41, 5.74) is 1.35. The fraction of sp³-hybridized carbons (Fsp3) is 0.167. The number of rotatable bonds is 6. The van der Waals surface area contributed by atoms with Crippen LogP contribution >= 0.6 is 0 Å². The van der Waals surface area contributed by atoms with Gasteiger partial charge in [0.2, 0.25) is 0 Å². The zero-order chi connectivity index (χ0) is 22.7. The van der Waals surface area contributed by atoms with Gasteiger partial charge in [0.1, 0.15) is 11.8 Å². The first-order valence-electron chi connectivity index (χ1n) is 9.86. The molecule has 0 radical (unpaired) electrons. The van der Waals surface area contributed by atoms with Crippen molar-refractivity contribution in [3.63, 3.8) is 0 Å². The molecule has 1 aliphatic rings. The first-order valence-corrected chi connectivity index (χ1v) is 9.86. The number of nitrogens with zero attached hydrogens (tertiary/aromatic N) is 3. The van der Waals surface area contributed by atoms with Crippen LogP contribution in [0.25, 0.3) is 5.76 Å². The first-order chi connectivity index (χ1) is 15.5. The molecule has 0 spiro atoms. The Morgan fingerprint density at radius 3 is 2.31 bits per heavy atom. The molecule has 0 bridgehead atoms. The number of methoxy groups -OCH3 is 2. The van der Waals surface area contributed by atoms with Gasteiger partial charge in [0.05, 0.1) is 37.7 Å². The Morgan fingerprint density at radius 1 is 0.969 bits per heavy atom. The minimum Gasteiger partial charge on any atom is -0.507 e. The highest BCUT2D eigenvalue weighted by Crippen LogP contribution is 2.40. The number of aromatic nitrogens is 2. The van der Waals surface area contributed by atoms with Gasteiger partial charge in [-0.05, 0) is 42.5 Å². The van der Waals surface area contributed by atoms with Crippen molar-refractivity contribution >= 4 is 17.4 Å². The highest BCUT2D eigenvalue weighted by atomic mass is 16.5. The number of aliphatic hydroxyl groups excluding tert-OH is 1. The molecule has 1 amide bonds. The fourth-order valence-electron chi connectivity index (χ4n) is 3.69. The zero-order valence-corrected chi connectivity index (χ0v) is 17.6. The van der Waals surface area contributed by atoms with E-state index in [2.05, 4.69) is 9.97 Å². The summed E-state index contributed by atoms with van der Waals surface area (Å²) in [6.07, 6.45) is 3.19. The quantitative estimate of drug-likeness (QED) is 0.363. The number of ketones is 1. The van der Waals surface area contributed by atoms with Crippen LogP contribution in [-0.4, -0.2) is 45.9 Å². The summed E-state index contributed by atoms with van der Waals surface area (Å²) in [5.74, 6) is -0.977. The van der Waals surface area contributed by atoms with Crippen molar-refractivity contribution in [2.24, 2.45) is 0 Å². The largest absolute Gasteiger partial charge is 0.507 e. The van der Waals surface area contributed by atoms with Crippen molar-refractivity contribution < 1.29 is 24.2 Å². The molecular formula is C24H21N3O5. The van der Waals surface area contributed by atoms with Gasteiger partial charge in [-0.3, -0.25) is 19.6 Å². The predicted octanol–water partition coefficient (Wildman–Crippen LogP) is 3.12. The lowest BCUT2D eigenvalue weighted by atomic mass is 9.98. The van der Waals surface area contributed by atoms with Gasteiger partial charge in [0.15, 0.2) is 11.5 Å². The molecule has 1 N–H and O–H groups in total. The van der Waals surface area contributed by atoms with Crippen LogP contribution in [0.4, 0.5) is 0 Å². The lowest BCUT2D eigenvalue weighted by molar-refractivity contribution is -0.140. The Kier molecular flexibility index (Phi) is 5.85. The van der Waals surface area contributed by atoms with Crippen LogP contribution in [0.2, 0.25) is 0 Å². The summed E-state index contributed by atoms with van der Waals surface area (Å²) < 4.78 is 10.5. The summed E-state index contributed by atoms with van der Waals surface area (Å²) in [7, 11) is 2.98. The average Bonchev–Trinajstić information content (AvgIpc) is 3.09. The summed E-state index contributed by atoms with van der Waals surface area (Å²) in [4.78, 5) is 36.1. The van der Waals surface area contributed by atoms with Gasteiger partial charge in [-0.1, -0.05) is 12.1 Å². The molecule has 1 aromatic carbocycles. The number of ether oxygens (including phenoxy) is 2. The van der Waals surface area contributed by atoms with Crippen LogP contribution in [0, 0.1) is 0 Å². The highest BCUT2D eigenvalue weighted by Gasteiger charge is 2.46. The topological polar surface area (TPSA) is 102 Å². The number of carbonyl (C=O) groups excluding carboxylic acids is 2. The molecule has 2 aromatic heterocycles. The van der Waals surface area contributed by atoms with Gasteiger partial charge >= 0.3 is 0 Å². The molecule has 1 aliphatic heterocycles. The third-order valence-corrected chi connectivity index (χ3v) is 5.22. The Balaban J connectivity index is 1.85. The van der Waals surface area contributed by atoms with Crippen LogP contribution in [0.15, 0.2) is 72.6 Å². The minimum atomic E-state index is -0.869. The summed E-state index contributed by atoms with van der Waals surface area (Å²) in [6, 6.07) is 14.5. The van der Waals surface area contributed by atoms with Gasteiger partial charge in [-0.25, -0.2) is 0 Å². The molecule has 3 heterocycles. The van der Waals surface area contributed by atoms with Crippen LogP contribution in [0.1, 0.15) is 23.0 Å². The maximum atomic E-state index is 13.1. The van der Waals surface area contributed by atoms with Crippen molar-refractivity contribution in [2.45, 2.75) is 12.6 Å². The van der Waals surface area contributed by atoms with E-state index in [1.165, 1.54) is 19.1 Å². The smallest absolute Gasteiger partial charge is 0.296 e. The van der Waals surface area contributed by atoms with E-state index in [1.807, 2.05) is 0 Å². The third kappa shape index (κ3) is 3.78. The van der Waals surface area contributed by atoms with E-state index in [1.54, 1.807) is 67.0 Å². The molecule has 3 aromatic rings. The van der Waals surface area contributed by atoms with Gasteiger partial charge in [0.25, 0.3) is 11.7 Å². The van der Waals surface area contributed by atoms with Crippen molar-refractivity contribution in [2.75, 3.05) is 14.2 Å². The second-order valence-electron chi connectivity index (χ2n) is 7.07. The molecule has 1 atom stereocenters. The standard InChI is InChI=1S/C24H21N3O5/c1-31-18-10-9-15(13-19(18)32-2)22(28)20-21(17-8-4-6-12-26-17)27(24(30)23(20)29)14-16-7-3-5-11-25-16/h3-13,21,28H,14H2,1-2H3/b22-20-. The first kappa shape index (κ1) is 21.0. The average molecular weight is 431 g/mol. The maximum Gasteiger partial charge on any atom is 0.296 e. The van der Waals surface area contributed by atoms with E-state index in [9.17, 15) is 14.7 Å². The van der Waals surface area contributed by atoms with Crippen molar-refractivity contribution in [1.29, 1.82) is 0 Å². The predicted molar refractivity (Wildman–Crippen MR) is 116 cm³/mol. The Labute approximate surface area is 184 Å². The third-order valence-electron chi connectivity index (χ3n) is 5.22. The molecule has 0 saturated carbocycles. The van der Waals surface area contributed by atoms with Gasteiger partial charge < -0.3 is 19.5 Å². The Bertz CT molecular complexity index is 1180. The number of carbonyl (C=O) groups is 2. The molecular weight excluding hydrogens is 410 g/mol. The summed E-state index contributed by atoms with van der Waals surface area (Å²) in [6.45, 7) is 0.0926. The lowest BCUT2D eigenvalue weighted by Gasteiger charge is -2.24. The van der Waals surface area contributed by atoms with Crippen LogP contribution in [-0.2, 0) is 16.1 Å². The number of hydrogen-bond donors (Lipinski definition) is 1. The van der Waals surface area contributed by atoms with Crippen LogP contribution in [0.5, 0.6) is 11.5 Å². The van der Waals surface area contributed by atoms with E-state index in [0.29, 0.717) is 28.5 Å². The molecule has 162 valence electrons. The van der Waals surface area contributed by atoms with E-state index >= 15 is 0 Å². The molecule has 0 aliphatic carbocycles. The number of benzene rings is 1. The summed E-state index contributed by atoms with van der Waals surface area (Å²) in [5, 5.41) is 11.1. The van der Waals surface area contributed by atoms with Gasteiger partial charge in [-0.2, -0.15) is 0 Å².